The molecule has 45 heavy (non-hydrogen) atoms. The first-order valence-corrected chi connectivity index (χ1v) is 16.8. The third-order valence-electron chi connectivity index (χ3n) is 7.43. The SMILES string of the molecule is CSCC[C@@H](NC(=O)[C@@H](N)Cc1c(C)cc(O)cc1C)C(=O)NCC(=O)N[C@@H](Cc1ccccc1)C(=O)NCCCCCCO. The summed E-state index contributed by atoms with van der Waals surface area (Å²) in [6.07, 6.45) is 5.96. The van der Waals surface area contributed by atoms with Crippen LogP contribution in [0.4, 0.5) is 0 Å². The maximum atomic E-state index is 13.1. The van der Waals surface area contributed by atoms with Gasteiger partial charge in [0.15, 0.2) is 0 Å². The number of phenols is 1. The van der Waals surface area contributed by atoms with Crippen LogP contribution in [0.25, 0.3) is 0 Å². The molecule has 0 aromatic heterocycles. The lowest BCUT2D eigenvalue weighted by molar-refractivity contribution is -0.131. The van der Waals surface area contributed by atoms with Crippen molar-refractivity contribution in [2.45, 2.75) is 76.9 Å². The second-order valence-electron chi connectivity index (χ2n) is 11.2. The summed E-state index contributed by atoms with van der Waals surface area (Å²) in [7, 11) is 0. The molecule has 11 nitrogen and oxygen atoms in total. The molecule has 2 aromatic rings. The Hall–Kier alpha value is -3.61. The molecule has 2 aromatic carbocycles. The van der Waals surface area contributed by atoms with Crippen molar-refractivity contribution in [1.29, 1.82) is 0 Å². The van der Waals surface area contributed by atoms with Crippen LogP contribution in [0.1, 0.15) is 54.4 Å². The van der Waals surface area contributed by atoms with E-state index in [0.29, 0.717) is 18.7 Å². The maximum Gasteiger partial charge on any atom is 0.243 e. The highest BCUT2D eigenvalue weighted by Crippen LogP contribution is 2.22. The predicted molar refractivity (Wildman–Crippen MR) is 178 cm³/mol. The van der Waals surface area contributed by atoms with Crippen LogP contribution in [0.3, 0.4) is 0 Å². The van der Waals surface area contributed by atoms with Gasteiger partial charge in [-0.3, -0.25) is 19.2 Å². The highest BCUT2D eigenvalue weighted by atomic mass is 32.2. The zero-order valence-electron chi connectivity index (χ0n) is 26.6. The molecule has 0 saturated heterocycles. The number of hydrogen-bond acceptors (Lipinski definition) is 8. The second-order valence-corrected chi connectivity index (χ2v) is 12.2. The van der Waals surface area contributed by atoms with Gasteiger partial charge in [-0.1, -0.05) is 43.2 Å². The van der Waals surface area contributed by atoms with E-state index in [1.165, 1.54) is 11.8 Å². The minimum absolute atomic E-state index is 0.141. The number of unbranched alkanes of at least 4 members (excludes halogenated alkanes) is 3. The number of aryl methyl sites for hydroxylation is 2. The molecule has 0 heterocycles. The highest BCUT2D eigenvalue weighted by Gasteiger charge is 2.26. The first-order valence-electron chi connectivity index (χ1n) is 15.4. The Morgan fingerprint density at radius 2 is 1.49 bits per heavy atom. The fraction of sp³-hybridized carbons (Fsp3) is 0.515. The van der Waals surface area contributed by atoms with Crippen LogP contribution < -0.4 is 27.0 Å². The zero-order chi connectivity index (χ0) is 33.2. The Morgan fingerprint density at radius 1 is 0.844 bits per heavy atom. The monoisotopic (exact) mass is 643 g/mol. The fourth-order valence-corrected chi connectivity index (χ4v) is 5.38. The largest absolute Gasteiger partial charge is 0.508 e. The molecule has 0 fully saturated rings. The van der Waals surface area contributed by atoms with Gasteiger partial charge in [0.25, 0.3) is 0 Å². The maximum absolute atomic E-state index is 13.1. The molecule has 0 saturated carbocycles. The molecule has 0 bridgehead atoms. The average molecular weight is 644 g/mol. The number of phenolic OH excluding ortho intramolecular Hbond substituents is 1. The van der Waals surface area contributed by atoms with E-state index in [2.05, 4.69) is 21.3 Å². The summed E-state index contributed by atoms with van der Waals surface area (Å²) < 4.78 is 0. The van der Waals surface area contributed by atoms with Crippen molar-refractivity contribution < 1.29 is 29.4 Å². The second kappa shape index (κ2) is 20.4. The number of nitrogens with one attached hydrogen (secondary N) is 4. The van der Waals surface area contributed by atoms with Gasteiger partial charge in [-0.15, -0.1) is 0 Å². The molecular weight excluding hydrogens is 594 g/mol. The first kappa shape index (κ1) is 37.6. The predicted octanol–water partition coefficient (Wildman–Crippen LogP) is 1.63. The van der Waals surface area contributed by atoms with E-state index < -0.39 is 35.8 Å². The zero-order valence-corrected chi connectivity index (χ0v) is 27.4. The Bertz CT molecular complexity index is 1220. The van der Waals surface area contributed by atoms with Crippen LogP contribution in [0, 0.1) is 13.8 Å². The fourth-order valence-electron chi connectivity index (χ4n) is 4.91. The summed E-state index contributed by atoms with van der Waals surface area (Å²) in [6, 6.07) is 9.88. The number of benzene rings is 2. The van der Waals surface area contributed by atoms with Crippen molar-refractivity contribution in [2.75, 3.05) is 31.7 Å². The summed E-state index contributed by atoms with van der Waals surface area (Å²) in [5, 5.41) is 29.7. The lowest BCUT2D eigenvalue weighted by atomic mass is 9.96. The minimum atomic E-state index is -0.924. The lowest BCUT2D eigenvalue weighted by Crippen LogP contribution is -2.54. The van der Waals surface area contributed by atoms with Gasteiger partial charge < -0.3 is 37.2 Å². The Kier molecular flexibility index (Phi) is 17.1. The summed E-state index contributed by atoms with van der Waals surface area (Å²) in [4.78, 5) is 52.0. The number of carbonyl (C=O) groups excluding carboxylic acids is 4. The van der Waals surface area contributed by atoms with Crippen molar-refractivity contribution in [3.63, 3.8) is 0 Å². The van der Waals surface area contributed by atoms with E-state index in [1.807, 2.05) is 50.4 Å². The quantitative estimate of drug-likeness (QED) is 0.106. The van der Waals surface area contributed by atoms with Gasteiger partial charge in [0.1, 0.15) is 17.8 Å². The Labute approximate surface area is 270 Å². The van der Waals surface area contributed by atoms with E-state index in [1.54, 1.807) is 12.1 Å². The number of rotatable bonds is 20. The summed E-state index contributed by atoms with van der Waals surface area (Å²) >= 11 is 1.52. The highest BCUT2D eigenvalue weighted by molar-refractivity contribution is 7.98. The molecule has 0 unspecified atom stereocenters. The van der Waals surface area contributed by atoms with E-state index in [-0.39, 0.29) is 37.6 Å². The van der Waals surface area contributed by atoms with Crippen molar-refractivity contribution in [3.8, 4) is 5.75 Å². The molecule has 2 rings (SSSR count). The number of aromatic hydroxyl groups is 1. The van der Waals surface area contributed by atoms with E-state index in [4.69, 9.17) is 10.8 Å². The van der Waals surface area contributed by atoms with Gasteiger partial charge in [0, 0.05) is 19.6 Å². The topological polar surface area (TPSA) is 183 Å². The van der Waals surface area contributed by atoms with Gasteiger partial charge in [0.2, 0.25) is 23.6 Å². The van der Waals surface area contributed by atoms with Crippen LogP contribution in [0.15, 0.2) is 42.5 Å². The van der Waals surface area contributed by atoms with Crippen molar-refractivity contribution in [3.05, 3.63) is 64.7 Å². The normalized spacial score (nSPS) is 12.9. The molecular formula is C33H49N5O6S. The number of amides is 4. The smallest absolute Gasteiger partial charge is 0.243 e. The van der Waals surface area contributed by atoms with E-state index in [9.17, 15) is 24.3 Å². The third-order valence-corrected chi connectivity index (χ3v) is 8.07. The number of carbonyl (C=O) groups is 4. The van der Waals surface area contributed by atoms with Crippen LogP contribution in [0.5, 0.6) is 5.75 Å². The van der Waals surface area contributed by atoms with E-state index >= 15 is 0 Å². The van der Waals surface area contributed by atoms with Gasteiger partial charge in [-0.25, -0.2) is 0 Å². The molecule has 0 radical (unpaired) electrons. The van der Waals surface area contributed by atoms with Crippen molar-refractivity contribution in [2.24, 2.45) is 5.73 Å². The molecule has 0 aliphatic rings. The van der Waals surface area contributed by atoms with Gasteiger partial charge in [-0.2, -0.15) is 11.8 Å². The summed E-state index contributed by atoms with van der Waals surface area (Å²) in [6.45, 7) is 3.89. The summed E-state index contributed by atoms with van der Waals surface area (Å²) in [5.41, 5.74) is 9.57. The van der Waals surface area contributed by atoms with Crippen LogP contribution in [0.2, 0.25) is 0 Å². The standard InChI is InChI=1S/C33H49N5O6S/c1-22-17-25(40)18-23(2)26(22)20-27(34)31(42)38-28(13-16-45-3)32(43)36-21-30(41)37-29(19-24-11-7-6-8-12-24)33(44)35-14-9-4-5-10-15-39/h6-8,11-12,17-18,27-29,39-40H,4-5,9-10,13-16,19-21,34H2,1-3H3,(H,35,44)(H,36,43)(H,37,41)(H,38,42)/t27-,28+,29-/m0/s1. The number of thioether (sulfide) groups is 1. The number of aliphatic hydroxyl groups excluding tert-OH is 1. The molecule has 4 amide bonds. The molecule has 3 atom stereocenters. The van der Waals surface area contributed by atoms with Gasteiger partial charge >= 0.3 is 0 Å². The Morgan fingerprint density at radius 3 is 2.13 bits per heavy atom. The third kappa shape index (κ3) is 13.9. The number of nitrogens with two attached hydrogens (primary N) is 1. The lowest BCUT2D eigenvalue weighted by Gasteiger charge is -2.22. The van der Waals surface area contributed by atoms with Crippen LogP contribution in [-0.4, -0.2) is 83.7 Å². The van der Waals surface area contributed by atoms with Crippen LogP contribution >= 0.6 is 11.8 Å². The summed E-state index contributed by atoms with van der Waals surface area (Å²) in [5.74, 6) is -1.14. The molecule has 0 spiro atoms. The van der Waals surface area contributed by atoms with E-state index in [0.717, 1.165) is 47.9 Å². The molecule has 12 heteroatoms. The molecule has 248 valence electrons. The number of hydrogen-bond donors (Lipinski definition) is 7. The molecule has 0 aliphatic carbocycles. The van der Waals surface area contributed by atoms with Gasteiger partial charge in [-0.05, 0) is 85.9 Å². The van der Waals surface area contributed by atoms with Crippen LogP contribution in [-0.2, 0) is 32.0 Å². The van der Waals surface area contributed by atoms with Gasteiger partial charge in [0.05, 0.1) is 12.6 Å². The minimum Gasteiger partial charge on any atom is -0.508 e. The average Bonchev–Trinajstić information content (AvgIpc) is 3.01. The van der Waals surface area contributed by atoms with Crippen molar-refractivity contribution >= 4 is 35.4 Å². The molecule has 0 aliphatic heterocycles. The van der Waals surface area contributed by atoms with Crippen molar-refractivity contribution in [1.82, 2.24) is 21.3 Å². The first-order chi connectivity index (χ1) is 21.5. The Balaban J connectivity index is 1.98. The number of aliphatic hydroxyl groups is 1. The molecule has 8 N–H and O–H groups in total.